The van der Waals surface area contributed by atoms with E-state index in [0.717, 1.165) is 36.6 Å². The Morgan fingerprint density at radius 1 is 1.30 bits per heavy atom. The lowest BCUT2D eigenvalue weighted by atomic mass is 10.1. The molecule has 0 saturated carbocycles. The van der Waals surface area contributed by atoms with Gasteiger partial charge in [0.15, 0.2) is 5.82 Å². The summed E-state index contributed by atoms with van der Waals surface area (Å²) in [6, 6.07) is 3.99. The Hall–Kier alpha value is -1.91. The summed E-state index contributed by atoms with van der Waals surface area (Å²) in [6.07, 6.45) is 3.93. The molecule has 0 fully saturated rings. The average Bonchev–Trinajstić information content (AvgIpc) is 2.82. The molecule has 0 aliphatic carbocycles. The molecule has 108 valence electrons. The number of aryl methyl sites for hydroxylation is 1. The summed E-state index contributed by atoms with van der Waals surface area (Å²) in [4.78, 5) is 9.20. The van der Waals surface area contributed by atoms with Crippen molar-refractivity contribution in [3.8, 4) is 11.5 Å². The van der Waals surface area contributed by atoms with E-state index in [1.165, 1.54) is 0 Å². The van der Waals surface area contributed by atoms with E-state index in [-0.39, 0.29) is 0 Å². The van der Waals surface area contributed by atoms with Crippen molar-refractivity contribution in [2.24, 2.45) is 13.0 Å². The lowest BCUT2D eigenvalue weighted by Crippen LogP contribution is -2.07. The molecule has 2 aromatic heterocycles. The summed E-state index contributed by atoms with van der Waals surface area (Å²) < 4.78 is 1.77. The van der Waals surface area contributed by atoms with Crippen LogP contribution in [-0.4, -0.2) is 26.3 Å². The van der Waals surface area contributed by atoms with Crippen LogP contribution in [0.4, 0.5) is 5.82 Å². The van der Waals surface area contributed by atoms with Gasteiger partial charge in [0.1, 0.15) is 11.5 Å². The van der Waals surface area contributed by atoms with E-state index in [0.29, 0.717) is 11.7 Å². The van der Waals surface area contributed by atoms with Crippen molar-refractivity contribution < 1.29 is 0 Å². The Morgan fingerprint density at radius 2 is 2.10 bits per heavy atom. The van der Waals surface area contributed by atoms with Gasteiger partial charge in [-0.2, -0.15) is 5.10 Å². The van der Waals surface area contributed by atoms with Gasteiger partial charge in [0.25, 0.3) is 0 Å². The minimum absolute atomic E-state index is 0.570. The lowest BCUT2D eigenvalue weighted by molar-refractivity contribution is 0.634. The molecule has 0 spiro atoms. The summed E-state index contributed by atoms with van der Waals surface area (Å²) in [5.41, 5.74) is 1.88. The SMILES string of the molecule is CCCNc1cc(CC(C)C)nc(-c2ccn(C)n2)n1. The van der Waals surface area contributed by atoms with Crippen molar-refractivity contribution in [1.29, 1.82) is 0 Å². The van der Waals surface area contributed by atoms with Crippen LogP contribution in [0.2, 0.25) is 0 Å². The number of aromatic nitrogens is 4. The highest BCUT2D eigenvalue weighted by molar-refractivity contribution is 5.52. The van der Waals surface area contributed by atoms with Gasteiger partial charge in [-0.15, -0.1) is 0 Å². The number of anilines is 1. The van der Waals surface area contributed by atoms with E-state index in [9.17, 15) is 0 Å². The van der Waals surface area contributed by atoms with Gasteiger partial charge in [-0.3, -0.25) is 4.68 Å². The van der Waals surface area contributed by atoms with Crippen molar-refractivity contribution in [1.82, 2.24) is 19.7 Å². The second-order valence-corrected chi connectivity index (χ2v) is 5.47. The summed E-state index contributed by atoms with van der Waals surface area (Å²) in [7, 11) is 1.90. The summed E-state index contributed by atoms with van der Waals surface area (Å²) in [6.45, 7) is 7.45. The van der Waals surface area contributed by atoms with Crippen LogP contribution in [0.5, 0.6) is 0 Å². The fourth-order valence-electron chi connectivity index (χ4n) is 2.01. The zero-order chi connectivity index (χ0) is 14.5. The highest BCUT2D eigenvalue weighted by Gasteiger charge is 2.10. The summed E-state index contributed by atoms with van der Waals surface area (Å²) in [5.74, 6) is 2.15. The summed E-state index contributed by atoms with van der Waals surface area (Å²) in [5, 5.41) is 7.73. The molecule has 0 amide bonds. The van der Waals surface area contributed by atoms with E-state index in [2.05, 4.69) is 41.2 Å². The fraction of sp³-hybridized carbons (Fsp3) is 0.533. The fourth-order valence-corrected chi connectivity index (χ4v) is 2.01. The highest BCUT2D eigenvalue weighted by Crippen LogP contribution is 2.18. The first kappa shape index (κ1) is 14.5. The van der Waals surface area contributed by atoms with Crippen LogP contribution in [0.1, 0.15) is 32.9 Å². The van der Waals surface area contributed by atoms with Gasteiger partial charge < -0.3 is 5.32 Å². The number of rotatable bonds is 6. The van der Waals surface area contributed by atoms with Gasteiger partial charge in [-0.05, 0) is 24.8 Å². The molecule has 1 N–H and O–H groups in total. The van der Waals surface area contributed by atoms with Crippen molar-refractivity contribution in [2.45, 2.75) is 33.6 Å². The van der Waals surface area contributed by atoms with Crippen molar-refractivity contribution in [3.63, 3.8) is 0 Å². The Bertz CT molecular complexity index is 559. The molecule has 2 aromatic rings. The van der Waals surface area contributed by atoms with E-state index in [4.69, 9.17) is 0 Å². The summed E-state index contributed by atoms with van der Waals surface area (Å²) >= 11 is 0. The second kappa shape index (κ2) is 6.50. The van der Waals surface area contributed by atoms with Crippen molar-refractivity contribution >= 4 is 5.82 Å². The van der Waals surface area contributed by atoms with Gasteiger partial charge in [-0.25, -0.2) is 9.97 Å². The molecule has 0 aromatic carbocycles. The Kier molecular flexibility index (Phi) is 4.71. The molecule has 0 aliphatic heterocycles. The number of nitrogens with one attached hydrogen (secondary N) is 1. The maximum absolute atomic E-state index is 4.64. The molecular weight excluding hydrogens is 250 g/mol. The molecule has 5 nitrogen and oxygen atoms in total. The van der Waals surface area contributed by atoms with Crippen LogP contribution in [0.15, 0.2) is 18.3 Å². The smallest absolute Gasteiger partial charge is 0.182 e. The number of nitrogens with zero attached hydrogens (tertiary/aromatic N) is 4. The Labute approximate surface area is 120 Å². The van der Waals surface area contributed by atoms with Crippen molar-refractivity contribution in [2.75, 3.05) is 11.9 Å². The van der Waals surface area contributed by atoms with Gasteiger partial charge in [-0.1, -0.05) is 20.8 Å². The Morgan fingerprint density at radius 3 is 2.70 bits per heavy atom. The first-order chi connectivity index (χ1) is 9.58. The average molecular weight is 273 g/mol. The third-order valence-corrected chi connectivity index (χ3v) is 2.90. The lowest BCUT2D eigenvalue weighted by Gasteiger charge is -2.10. The maximum Gasteiger partial charge on any atom is 0.182 e. The van der Waals surface area contributed by atoms with Crippen LogP contribution < -0.4 is 5.32 Å². The monoisotopic (exact) mass is 273 g/mol. The second-order valence-electron chi connectivity index (χ2n) is 5.47. The van der Waals surface area contributed by atoms with E-state index in [1.807, 2.05) is 25.4 Å². The zero-order valence-electron chi connectivity index (χ0n) is 12.7. The first-order valence-electron chi connectivity index (χ1n) is 7.20. The largest absolute Gasteiger partial charge is 0.370 e. The molecule has 20 heavy (non-hydrogen) atoms. The number of hydrogen-bond acceptors (Lipinski definition) is 4. The van der Waals surface area contributed by atoms with Crippen LogP contribution >= 0.6 is 0 Å². The van der Waals surface area contributed by atoms with Crippen LogP contribution in [0.3, 0.4) is 0 Å². The van der Waals surface area contributed by atoms with Crippen molar-refractivity contribution in [3.05, 3.63) is 24.0 Å². The highest BCUT2D eigenvalue weighted by atomic mass is 15.3. The standard InChI is InChI=1S/C15H23N5/c1-5-7-16-14-10-12(9-11(2)3)17-15(18-14)13-6-8-20(4)19-13/h6,8,10-11H,5,7,9H2,1-4H3,(H,16,17,18). The van der Waals surface area contributed by atoms with Crippen LogP contribution in [-0.2, 0) is 13.5 Å². The molecular formula is C15H23N5. The minimum Gasteiger partial charge on any atom is -0.370 e. The normalized spacial score (nSPS) is 11.1. The minimum atomic E-state index is 0.570. The van der Waals surface area contributed by atoms with Gasteiger partial charge in [0, 0.05) is 31.5 Å². The maximum atomic E-state index is 4.64. The predicted molar refractivity (Wildman–Crippen MR) is 81.6 cm³/mol. The molecule has 0 bridgehead atoms. The van der Waals surface area contributed by atoms with Crippen LogP contribution in [0.25, 0.3) is 11.5 Å². The third-order valence-electron chi connectivity index (χ3n) is 2.90. The molecule has 0 radical (unpaired) electrons. The van der Waals surface area contributed by atoms with Crippen LogP contribution in [0, 0.1) is 5.92 Å². The van der Waals surface area contributed by atoms with Gasteiger partial charge >= 0.3 is 0 Å². The first-order valence-corrected chi connectivity index (χ1v) is 7.20. The third kappa shape index (κ3) is 3.79. The molecule has 2 heterocycles. The predicted octanol–water partition coefficient (Wildman–Crippen LogP) is 2.90. The number of hydrogen-bond donors (Lipinski definition) is 1. The Balaban J connectivity index is 2.34. The molecule has 0 unspecified atom stereocenters. The quantitative estimate of drug-likeness (QED) is 0.879. The van der Waals surface area contributed by atoms with E-state index in [1.54, 1.807) is 4.68 Å². The van der Waals surface area contributed by atoms with Gasteiger partial charge in [0.2, 0.25) is 0 Å². The molecule has 0 saturated heterocycles. The molecule has 0 atom stereocenters. The zero-order valence-corrected chi connectivity index (χ0v) is 12.7. The van der Waals surface area contributed by atoms with E-state index < -0.39 is 0 Å². The molecule has 0 aliphatic rings. The van der Waals surface area contributed by atoms with E-state index >= 15 is 0 Å². The van der Waals surface area contributed by atoms with Gasteiger partial charge in [0.05, 0.1) is 0 Å². The topological polar surface area (TPSA) is 55.6 Å². The molecule has 5 heteroatoms. The molecule has 2 rings (SSSR count).